The zero-order valence-corrected chi connectivity index (χ0v) is 10.8. The number of hydrogen-bond acceptors (Lipinski definition) is 4. The van der Waals surface area contributed by atoms with E-state index in [9.17, 15) is 0 Å². The first-order chi connectivity index (χ1) is 9.42. The Morgan fingerprint density at radius 2 is 2.00 bits per heavy atom. The summed E-state index contributed by atoms with van der Waals surface area (Å²) in [6.07, 6.45) is 3.24. The minimum Gasteiger partial charge on any atom is -0.339 e. The van der Waals surface area contributed by atoms with Gasteiger partial charge in [0.2, 0.25) is 5.89 Å². The molecule has 1 saturated heterocycles. The molecule has 1 fully saturated rings. The molecule has 1 atom stereocenters. The van der Waals surface area contributed by atoms with Crippen LogP contribution < -0.4 is 5.32 Å². The van der Waals surface area contributed by atoms with E-state index < -0.39 is 0 Å². The maximum absolute atomic E-state index is 5.49. The van der Waals surface area contributed by atoms with Crippen LogP contribution in [0.15, 0.2) is 28.8 Å². The lowest BCUT2D eigenvalue weighted by atomic mass is 9.77. The van der Waals surface area contributed by atoms with Crippen LogP contribution in [0.25, 0.3) is 0 Å². The van der Waals surface area contributed by atoms with Crippen LogP contribution in [0, 0.1) is 0 Å². The van der Waals surface area contributed by atoms with Gasteiger partial charge in [-0.25, -0.2) is 0 Å². The van der Waals surface area contributed by atoms with Crippen LogP contribution in [0.2, 0.25) is 0 Å². The number of piperidine rings is 1. The average molecular weight is 255 g/mol. The zero-order valence-electron chi connectivity index (χ0n) is 10.8. The third-order valence-corrected chi connectivity index (χ3v) is 4.31. The number of rotatable bonds is 2. The molecule has 4 nitrogen and oxygen atoms in total. The number of nitrogens with one attached hydrogen (secondary N) is 1. The number of nitrogens with zero attached hydrogens (tertiary/aromatic N) is 2. The molecule has 2 aromatic rings. The van der Waals surface area contributed by atoms with Gasteiger partial charge in [-0.1, -0.05) is 29.4 Å². The first-order valence-electron chi connectivity index (χ1n) is 7.04. The molecule has 19 heavy (non-hydrogen) atoms. The first-order valence-corrected chi connectivity index (χ1v) is 7.04. The summed E-state index contributed by atoms with van der Waals surface area (Å²) in [5.41, 5.74) is 2.78. The second-order valence-corrected chi connectivity index (χ2v) is 5.47. The lowest BCUT2D eigenvalue weighted by Crippen LogP contribution is -2.26. The summed E-state index contributed by atoms with van der Waals surface area (Å²) in [6, 6.07) is 8.52. The summed E-state index contributed by atoms with van der Waals surface area (Å²) in [6.45, 7) is 2.10. The number of aromatic nitrogens is 2. The Kier molecular flexibility index (Phi) is 2.62. The Labute approximate surface area is 112 Å². The van der Waals surface area contributed by atoms with Gasteiger partial charge in [0.15, 0.2) is 5.82 Å². The summed E-state index contributed by atoms with van der Waals surface area (Å²) in [7, 11) is 0. The van der Waals surface area contributed by atoms with Gasteiger partial charge in [0, 0.05) is 5.92 Å². The molecular weight excluding hydrogens is 238 g/mol. The predicted molar refractivity (Wildman–Crippen MR) is 71.1 cm³/mol. The fourth-order valence-corrected chi connectivity index (χ4v) is 3.11. The molecule has 1 aromatic carbocycles. The Morgan fingerprint density at radius 3 is 2.84 bits per heavy atom. The zero-order chi connectivity index (χ0) is 12.7. The van der Waals surface area contributed by atoms with Crippen molar-refractivity contribution in [3.63, 3.8) is 0 Å². The molecule has 1 aliphatic carbocycles. The largest absolute Gasteiger partial charge is 0.339 e. The lowest BCUT2D eigenvalue weighted by molar-refractivity contribution is 0.317. The Balaban J connectivity index is 1.56. The first kappa shape index (κ1) is 11.2. The summed E-state index contributed by atoms with van der Waals surface area (Å²) in [4.78, 5) is 4.65. The predicted octanol–water partition coefficient (Wildman–Crippen LogP) is 2.22. The van der Waals surface area contributed by atoms with Crippen LogP contribution in [-0.2, 0) is 6.42 Å². The maximum atomic E-state index is 5.49. The molecule has 0 saturated carbocycles. The van der Waals surface area contributed by atoms with Crippen molar-refractivity contribution < 1.29 is 4.52 Å². The summed E-state index contributed by atoms with van der Waals surface area (Å²) < 4.78 is 5.49. The quantitative estimate of drug-likeness (QED) is 0.894. The van der Waals surface area contributed by atoms with Crippen LogP contribution in [0.1, 0.15) is 47.5 Å². The molecule has 4 rings (SSSR count). The second kappa shape index (κ2) is 4.46. The van der Waals surface area contributed by atoms with Crippen molar-refractivity contribution in [2.45, 2.75) is 31.1 Å². The van der Waals surface area contributed by atoms with Crippen molar-refractivity contribution in [3.05, 3.63) is 47.1 Å². The van der Waals surface area contributed by atoms with Crippen molar-refractivity contribution in [1.82, 2.24) is 15.5 Å². The Morgan fingerprint density at radius 1 is 1.16 bits per heavy atom. The molecular formula is C15H17N3O. The molecule has 1 N–H and O–H groups in total. The normalized spacial score (nSPS) is 22.8. The van der Waals surface area contributed by atoms with E-state index in [1.54, 1.807) is 0 Å². The third-order valence-electron chi connectivity index (χ3n) is 4.31. The van der Waals surface area contributed by atoms with E-state index in [1.807, 2.05) is 0 Å². The SMILES string of the molecule is c1ccc2c(c1)CC2c1noc(C2CCNCC2)n1. The molecule has 4 heteroatoms. The highest BCUT2D eigenvalue weighted by molar-refractivity contribution is 5.43. The Bertz CT molecular complexity index is 587. The van der Waals surface area contributed by atoms with Crippen LogP contribution in [0.5, 0.6) is 0 Å². The molecule has 0 spiro atoms. The van der Waals surface area contributed by atoms with Gasteiger partial charge < -0.3 is 9.84 Å². The molecule has 1 unspecified atom stereocenters. The lowest BCUT2D eigenvalue weighted by Gasteiger charge is -2.27. The standard InChI is InChI=1S/C15H17N3O/c1-2-4-12-11(3-1)9-13(12)14-17-15(19-18-14)10-5-7-16-8-6-10/h1-4,10,13,16H,5-9H2. The van der Waals surface area contributed by atoms with Gasteiger partial charge in [-0.05, 0) is 43.5 Å². The van der Waals surface area contributed by atoms with Crippen LogP contribution >= 0.6 is 0 Å². The monoisotopic (exact) mass is 255 g/mol. The highest BCUT2D eigenvalue weighted by Crippen LogP contribution is 2.39. The molecule has 0 radical (unpaired) electrons. The number of hydrogen-bond donors (Lipinski definition) is 1. The van der Waals surface area contributed by atoms with Crippen molar-refractivity contribution >= 4 is 0 Å². The molecule has 2 heterocycles. The minimum absolute atomic E-state index is 0.343. The van der Waals surface area contributed by atoms with E-state index in [0.717, 1.165) is 44.1 Å². The minimum atomic E-state index is 0.343. The van der Waals surface area contributed by atoms with Gasteiger partial charge in [0.1, 0.15) is 0 Å². The van der Waals surface area contributed by atoms with Crippen molar-refractivity contribution in [3.8, 4) is 0 Å². The van der Waals surface area contributed by atoms with Gasteiger partial charge in [-0.3, -0.25) is 0 Å². The topological polar surface area (TPSA) is 51.0 Å². The summed E-state index contributed by atoms with van der Waals surface area (Å²) in [5, 5.41) is 7.57. The van der Waals surface area contributed by atoms with Gasteiger partial charge in [-0.2, -0.15) is 4.98 Å². The van der Waals surface area contributed by atoms with Crippen molar-refractivity contribution in [2.24, 2.45) is 0 Å². The van der Waals surface area contributed by atoms with E-state index in [-0.39, 0.29) is 0 Å². The summed E-state index contributed by atoms with van der Waals surface area (Å²) >= 11 is 0. The van der Waals surface area contributed by atoms with Gasteiger partial charge in [0.25, 0.3) is 0 Å². The van der Waals surface area contributed by atoms with Crippen molar-refractivity contribution in [2.75, 3.05) is 13.1 Å². The smallest absolute Gasteiger partial charge is 0.229 e. The van der Waals surface area contributed by atoms with Gasteiger partial charge in [0.05, 0.1) is 5.92 Å². The van der Waals surface area contributed by atoms with Crippen LogP contribution in [0.3, 0.4) is 0 Å². The fourth-order valence-electron chi connectivity index (χ4n) is 3.11. The van der Waals surface area contributed by atoms with E-state index in [1.165, 1.54) is 11.1 Å². The second-order valence-electron chi connectivity index (χ2n) is 5.47. The average Bonchev–Trinajstić information content (AvgIpc) is 2.91. The molecule has 0 amide bonds. The number of benzene rings is 1. The third kappa shape index (κ3) is 1.87. The highest BCUT2D eigenvalue weighted by atomic mass is 16.5. The molecule has 98 valence electrons. The van der Waals surface area contributed by atoms with E-state index >= 15 is 0 Å². The van der Waals surface area contributed by atoms with Crippen LogP contribution in [0.4, 0.5) is 0 Å². The van der Waals surface area contributed by atoms with Crippen molar-refractivity contribution in [1.29, 1.82) is 0 Å². The summed E-state index contributed by atoms with van der Waals surface area (Å²) in [5.74, 6) is 2.49. The molecule has 1 aromatic heterocycles. The van der Waals surface area contributed by atoms with Crippen LogP contribution in [-0.4, -0.2) is 23.2 Å². The van der Waals surface area contributed by atoms with E-state index in [0.29, 0.717) is 11.8 Å². The van der Waals surface area contributed by atoms with E-state index in [2.05, 4.69) is 39.7 Å². The molecule has 1 aliphatic heterocycles. The Hall–Kier alpha value is -1.68. The van der Waals surface area contributed by atoms with Gasteiger partial charge >= 0.3 is 0 Å². The fraction of sp³-hybridized carbons (Fsp3) is 0.467. The van der Waals surface area contributed by atoms with Gasteiger partial charge in [-0.15, -0.1) is 0 Å². The van der Waals surface area contributed by atoms with E-state index in [4.69, 9.17) is 4.52 Å². The highest BCUT2D eigenvalue weighted by Gasteiger charge is 2.32. The number of fused-ring (bicyclic) bond motifs is 1. The molecule has 0 bridgehead atoms. The maximum Gasteiger partial charge on any atom is 0.229 e. The molecule has 2 aliphatic rings.